The number of aryl methyl sites for hydroxylation is 2. The number of fused-ring (bicyclic) bond motifs is 3. The quantitative estimate of drug-likeness (QED) is 0.317. The van der Waals surface area contributed by atoms with Gasteiger partial charge in [0.25, 0.3) is 0 Å². The highest BCUT2D eigenvalue weighted by molar-refractivity contribution is 7.14. The zero-order chi connectivity index (χ0) is 25.9. The lowest BCUT2D eigenvalue weighted by Gasteiger charge is -2.32. The first-order valence-corrected chi connectivity index (χ1v) is 13.2. The maximum absolute atomic E-state index is 13.9. The second-order valence-corrected chi connectivity index (χ2v) is 11.0. The van der Waals surface area contributed by atoms with Crippen LogP contribution < -0.4 is 0 Å². The maximum Gasteiger partial charge on any atom is 0.141 e. The van der Waals surface area contributed by atoms with Crippen LogP contribution in [0, 0.1) is 25.6 Å². The largest absolute Gasteiger partial charge is 0.384 e. The summed E-state index contributed by atoms with van der Waals surface area (Å²) in [7, 11) is 0. The molecule has 0 aliphatic carbocycles. The third-order valence-electron chi connectivity index (χ3n) is 7.20. The molecule has 0 bridgehead atoms. The number of halogens is 1. The van der Waals surface area contributed by atoms with Gasteiger partial charge in [0.05, 0.1) is 39.4 Å². The first-order chi connectivity index (χ1) is 17.7. The Morgan fingerprint density at radius 1 is 1.16 bits per heavy atom. The van der Waals surface area contributed by atoms with Gasteiger partial charge in [-0.25, -0.2) is 4.39 Å². The Morgan fingerprint density at radius 2 is 1.95 bits per heavy atom. The van der Waals surface area contributed by atoms with Crippen molar-refractivity contribution in [2.24, 2.45) is 5.92 Å². The van der Waals surface area contributed by atoms with Gasteiger partial charge in [-0.15, -0.1) is 0 Å². The van der Waals surface area contributed by atoms with Crippen LogP contribution in [0.4, 0.5) is 4.39 Å². The van der Waals surface area contributed by atoms with Crippen LogP contribution in [-0.2, 0) is 10.3 Å². The highest BCUT2D eigenvalue weighted by Gasteiger charge is 2.35. The Hall–Kier alpha value is -3.21. The van der Waals surface area contributed by atoms with Crippen molar-refractivity contribution in [2.45, 2.75) is 52.2 Å². The third-order valence-corrected chi connectivity index (χ3v) is 8.04. The van der Waals surface area contributed by atoms with Crippen LogP contribution in [0.25, 0.3) is 32.4 Å². The van der Waals surface area contributed by atoms with E-state index < -0.39 is 5.60 Å². The van der Waals surface area contributed by atoms with E-state index in [4.69, 9.17) is 14.2 Å². The molecule has 1 atom stereocenters. The van der Waals surface area contributed by atoms with Gasteiger partial charge < -0.3 is 18.9 Å². The molecule has 10 heteroatoms. The van der Waals surface area contributed by atoms with E-state index in [0.29, 0.717) is 18.9 Å². The number of ether oxygens (including phenoxy) is 1. The molecule has 0 saturated carbocycles. The van der Waals surface area contributed by atoms with Crippen molar-refractivity contribution in [2.75, 3.05) is 13.2 Å². The van der Waals surface area contributed by atoms with Gasteiger partial charge in [-0.3, -0.25) is 9.97 Å². The minimum absolute atomic E-state index is 0.183. The minimum atomic E-state index is -1.18. The number of hydrogen-bond acceptors (Lipinski definition) is 8. The number of hydrogen-bond donors (Lipinski definition) is 1. The van der Waals surface area contributed by atoms with E-state index in [1.807, 2.05) is 20.0 Å². The molecule has 0 amide bonds. The summed E-state index contributed by atoms with van der Waals surface area (Å²) < 4.78 is 32.9. The van der Waals surface area contributed by atoms with Crippen molar-refractivity contribution in [3.8, 4) is 11.1 Å². The second kappa shape index (κ2) is 8.97. The molecule has 37 heavy (non-hydrogen) atoms. The third kappa shape index (κ3) is 4.03. The molecule has 6 rings (SSSR count). The van der Waals surface area contributed by atoms with Gasteiger partial charge in [-0.2, -0.15) is 4.37 Å². The van der Waals surface area contributed by atoms with Gasteiger partial charge in [0.15, 0.2) is 0 Å². The van der Waals surface area contributed by atoms with Crippen molar-refractivity contribution in [3.05, 3.63) is 59.3 Å². The summed E-state index contributed by atoms with van der Waals surface area (Å²) in [6.45, 7) is 8.58. The van der Waals surface area contributed by atoms with Crippen LogP contribution in [0.5, 0.6) is 0 Å². The van der Waals surface area contributed by atoms with Crippen LogP contribution in [0.15, 0.2) is 35.1 Å². The molecular formula is C27H28FN5O3S. The lowest BCUT2D eigenvalue weighted by Crippen LogP contribution is -2.28. The van der Waals surface area contributed by atoms with Crippen molar-refractivity contribution >= 4 is 32.8 Å². The van der Waals surface area contributed by atoms with Gasteiger partial charge in [0.2, 0.25) is 0 Å². The van der Waals surface area contributed by atoms with Crippen molar-refractivity contribution < 1.29 is 18.8 Å². The average Bonchev–Trinajstić information content (AvgIpc) is 3.54. The molecule has 1 unspecified atom stereocenters. The first-order valence-electron chi connectivity index (χ1n) is 12.4. The van der Waals surface area contributed by atoms with Crippen molar-refractivity contribution in [1.29, 1.82) is 0 Å². The summed E-state index contributed by atoms with van der Waals surface area (Å²) in [5.74, 6) is 0.523. The topological polar surface area (TPSA) is 99.1 Å². The normalized spacial score (nSPS) is 16.2. The van der Waals surface area contributed by atoms with E-state index in [2.05, 4.69) is 25.1 Å². The molecule has 8 nitrogen and oxygen atoms in total. The first kappa shape index (κ1) is 24.1. The molecule has 0 aromatic carbocycles. The van der Waals surface area contributed by atoms with E-state index in [0.717, 1.165) is 62.4 Å². The predicted molar refractivity (Wildman–Crippen MR) is 139 cm³/mol. The van der Waals surface area contributed by atoms with E-state index in [9.17, 15) is 9.50 Å². The molecule has 192 valence electrons. The zero-order valence-corrected chi connectivity index (χ0v) is 22.0. The summed E-state index contributed by atoms with van der Waals surface area (Å²) in [5, 5.41) is 15.2. The van der Waals surface area contributed by atoms with Crippen LogP contribution in [-0.4, -0.2) is 42.4 Å². The maximum atomic E-state index is 13.9. The standard InChI is InChI=1S/C27H28FN5O3S/c1-14-21(15(2)36-31-14)17-11-20-22(30-12-17)25-24(26(32-37-25)27(3,4)34)33(20)23(16-7-9-35-10-8-16)19-6-5-18(28)13-29-19/h5-6,11-13,16,23,34H,7-10H2,1-4H3. The van der Waals surface area contributed by atoms with E-state index >= 15 is 0 Å². The Bertz CT molecular complexity index is 1570. The lowest BCUT2D eigenvalue weighted by molar-refractivity contribution is 0.0543. The molecule has 5 aromatic rings. The van der Waals surface area contributed by atoms with Gasteiger partial charge in [0.1, 0.15) is 28.4 Å². The molecule has 1 saturated heterocycles. The van der Waals surface area contributed by atoms with Gasteiger partial charge in [0, 0.05) is 30.5 Å². The minimum Gasteiger partial charge on any atom is -0.384 e. The van der Waals surface area contributed by atoms with Gasteiger partial charge >= 0.3 is 0 Å². The predicted octanol–water partition coefficient (Wildman–Crippen LogP) is 5.70. The van der Waals surface area contributed by atoms with Crippen molar-refractivity contribution in [1.82, 2.24) is 24.1 Å². The number of aliphatic hydroxyl groups is 1. The number of rotatable bonds is 5. The Morgan fingerprint density at radius 3 is 2.59 bits per heavy atom. The summed E-state index contributed by atoms with van der Waals surface area (Å²) in [6.07, 6.45) is 4.76. The smallest absolute Gasteiger partial charge is 0.141 e. The van der Waals surface area contributed by atoms with Crippen LogP contribution in [0.1, 0.15) is 55.6 Å². The van der Waals surface area contributed by atoms with E-state index in [1.165, 1.54) is 23.8 Å². The lowest BCUT2D eigenvalue weighted by atomic mass is 9.88. The summed E-state index contributed by atoms with van der Waals surface area (Å²) in [6, 6.07) is 5.07. The Balaban J connectivity index is 1.70. The second-order valence-electron chi connectivity index (χ2n) is 10.2. The highest BCUT2D eigenvalue weighted by Crippen LogP contribution is 2.44. The SMILES string of the molecule is Cc1noc(C)c1-c1cnc2c3snc(C(C)(C)O)c3n(C(c3ccc(F)cn3)C3CCOCC3)c2c1. The molecule has 1 aliphatic heterocycles. The monoisotopic (exact) mass is 521 g/mol. The molecule has 0 spiro atoms. The molecule has 1 N–H and O–H groups in total. The molecule has 6 heterocycles. The molecule has 0 radical (unpaired) electrons. The Kier molecular flexibility index (Phi) is 5.85. The summed E-state index contributed by atoms with van der Waals surface area (Å²) >= 11 is 1.33. The van der Waals surface area contributed by atoms with Gasteiger partial charge in [-0.05, 0) is 76.2 Å². The zero-order valence-electron chi connectivity index (χ0n) is 21.2. The van der Waals surface area contributed by atoms with Gasteiger partial charge in [-0.1, -0.05) is 5.16 Å². The van der Waals surface area contributed by atoms with Crippen LogP contribution in [0.3, 0.4) is 0 Å². The number of aromatic nitrogens is 5. The van der Waals surface area contributed by atoms with E-state index in [1.54, 1.807) is 19.9 Å². The molecular weight excluding hydrogens is 493 g/mol. The fraction of sp³-hybridized carbons (Fsp3) is 0.407. The Labute approximate surface area is 217 Å². The van der Waals surface area contributed by atoms with Crippen LogP contribution in [0.2, 0.25) is 0 Å². The molecule has 5 aromatic heterocycles. The fourth-order valence-corrected chi connectivity index (χ4v) is 6.51. The molecule has 1 aliphatic rings. The molecule has 1 fully saturated rings. The fourth-order valence-electron chi connectivity index (χ4n) is 5.50. The number of pyridine rings is 2. The number of nitrogens with zero attached hydrogens (tertiary/aromatic N) is 5. The summed E-state index contributed by atoms with van der Waals surface area (Å²) in [5.41, 5.74) is 5.29. The van der Waals surface area contributed by atoms with Crippen molar-refractivity contribution in [3.63, 3.8) is 0 Å². The van der Waals surface area contributed by atoms with Crippen LogP contribution >= 0.6 is 11.5 Å². The summed E-state index contributed by atoms with van der Waals surface area (Å²) in [4.78, 5) is 9.43. The average molecular weight is 522 g/mol. The highest BCUT2D eigenvalue weighted by atomic mass is 32.1. The van der Waals surface area contributed by atoms with E-state index in [-0.39, 0.29) is 17.8 Å².